The fraction of sp³-hybridized carbons (Fsp3) is 0.476. The monoisotopic (exact) mass is 397 g/mol. The summed E-state index contributed by atoms with van der Waals surface area (Å²) in [5.74, 6) is 1.38. The van der Waals surface area contributed by atoms with Gasteiger partial charge in [-0.25, -0.2) is 9.97 Å². The van der Waals surface area contributed by atoms with E-state index in [9.17, 15) is 4.79 Å². The Labute approximate surface area is 170 Å². The summed E-state index contributed by atoms with van der Waals surface area (Å²) < 4.78 is 11.0. The van der Waals surface area contributed by atoms with Crippen LogP contribution >= 0.6 is 0 Å². The summed E-state index contributed by atoms with van der Waals surface area (Å²) >= 11 is 0. The molecule has 0 bridgehead atoms. The van der Waals surface area contributed by atoms with Crippen molar-refractivity contribution >= 4 is 23.2 Å². The third-order valence-electron chi connectivity index (χ3n) is 5.17. The van der Waals surface area contributed by atoms with Crippen LogP contribution in [0.4, 0.5) is 17.3 Å². The number of aryl methyl sites for hydroxylation is 1. The molecular weight excluding hydrogens is 370 g/mol. The Bertz CT molecular complexity index is 840. The highest BCUT2D eigenvalue weighted by atomic mass is 16.5. The summed E-state index contributed by atoms with van der Waals surface area (Å²) in [4.78, 5) is 25.4. The zero-order valence-electron chi connectivity index (χ0n) is 17.0. The molecule has 2 aromatic rings. The largest absolute Gasteiger partial charge is 0.378 e. The average Bonchev–Trinajstić information content (AvgIpc) is 2.74. The van der Waals surface area contributed by atoms with Crippen molar-refractivity contribution in [2.75, 3.05) is 67.7 Å². The standard InChI is InChI=1S/C21H27N5O3/c1-15-18(3-4-20(22-15)23-16(2)27)19-13-17(25-5-9-28-10-6-25)14-21(24-19)26-7-11-29-12-8-26/h3-4,13-14H,5-12H2,1-2H3,(H,22,23,27). The van der Waals surface area contributed by atoms with Gasteiger partial charge in [0, 0.05) is 56.1 Å². The molecule has 2 aliphatic heterocycles. The van der Waals surface area contributed by atoms with E-state index in [1.807, 2.05) is 19.1 Å². The lowest BCUT2D eigenvalue weighted by Gasteiger charge is -2.32. The zero-order chi connectivity index (χ0) is 20.2. The Kier molecular flexibility index (Phi) is 5.92. The summed E-state index contributed by atoms with van der Waals surface area (Å²) in [7, 11) is 0. The molecule has 1 N–H and O–H groups in total. The highest BCUT2D eigenvalue weighted by Crippen LogP contribution is 2.30. The number of hydrogen-bond acceptors (Lipinski definition) is 7. The van der Waals surface area contributed by atoms with Crippen molar-refractivity contribution in [1.82, 2.24) is 9.97 Å². The van der Waals surface area contributed by atoms with Crippen LogP contribution in [0, 0.1) is 6.92 Å². The Morgan fingerprint density at radius 3 is 2.24 bits per heavy atom. The van der Waals surface area contributed by atoms with Crippen molar-refractivity contribution in [2.45, 2.75) is 13.8 Å². The van der Waals surface area contributed by atoms with Crippen LogP contribution in [0.3, 0.4) is 0 Å². The van der Waals surface area contributed by atoms with Gasteiger partial charge in [0.15, 0.2) is 0 Å². The first-order valence-corrected chi connectivity index (χ1v) is 10.0. The second kappa shape index (κ2) is 8.75. The number of nitrogens with one attached hydrogen (secondary N) is 1. The normalized spacial score (nSPS) is 17.3. The molecule has 0 aromatic carbocycles. The number of pyridine rings is 2. The molecule has 0 radical (unpaired) electrons. The van der Waals surface area contributed by atoms with E-state index in [-0.39, 0.29) is 5.91 Å². The van der Waals surface area contributed by atoms with Crippen LogP contribution in [-0.4, -0.2) is 68.5 Å². The number of ether oxygens (including phenoxy) is 2. The van der Waals surface area contributed by atoms with Gasteiger partial charge in [0.05, 0.1) is 32.1 Å². The van der Waals surface area contributed by atoms with E-state index in [4.69, 9.17) is 14.5 Å². The van der Waals surface area contributed by atoms with Crippen molar-refractivity contribution in [3.63, 3.8) is 0 Å². The second-order valence-corrected chi connectivity index (χ2v) is 7.28. The minimum absolute atomic E-state index is 0.133. The molecule has 0 spiro atoms. The van der Waals surface area contributed by atoms with Gasteiger partial charge in [0.2, 0.25) is 5.91 Å². The van der Waals surface area contributed by atoms with Gasteiger partial charge in [0.25, 0.3) is 0 Å². The molecule has 2 aliphatic rings. The summed E-state index contributed by atoms with van der Waals surface area (Å²) in [6, 6.07) is 8.08. The topological polar surface area (TPSA) is 79.8 Å². The molecule has 8 heteroatoms. The fourth-order valence-corrected chi connectivity index (χ4v) is 3.68. The van der Waals surface area contributed by atoms with Gasteiger partial charge in [0.1, 0.15) is 11.6 Å². The lowest BCUT2D eigenvalue weighted by Crippen LogP contribution is -2.38. The molecule has 0 saturated carbocycles. The highest BCUT2D eigenvalue weighted by molar-refractivity contribution is 5.88. The molecule has 2 saturated heterocycles. The third-order valence-corrected chi connectivity index (χ3v) is 5.17. The van der Waals surface area contributed by atoms with E-state index in [2.05, 4.69) is 32.2 Å². The van der Waals surface area contributed by atoms with Gasteiger partial charge < -0.3 is 24.6 Å². The van der Waals surface area contributed by atoms with Crippen molar-refractivity contribution in [3.05, 3.63) is 30.0 Å². The van der Waals surface area contributed by atoms with Crippen LogP contribution < -0.4 is 15.1 Å². The number of nitrogens with zero attached hydrogens (tertiary/aromatic N) is 4. The van der Waals surface area contributed by atoms with E-state index < -0.39 is 0 Å². The maximum absolute atomic E-state index is 11.3. The Hall–Kier alpha value is -2.71. The number of carbonyl (C=O) groups excluding carboxylic acids is 1. The quantitative estimate of drug-likeness (QED) is 0.846. The third kappa shape index (κ3) is 4.65. The van der Waals surface area contributed by atoms with Gasteiger partial charge >= 0.3 is 0 Å². The van der Waals surface area contributed by atoms with E-state index in [0.29, 0.717) is 19.0 Å². The van der Waals surface area contributed by atoms with E-state index in [0.717, 1.165) is 67.8 Å². The summed E-state index contributed by atoms with van der Waals surface area (Å²) in [5.41, 5.74) is 3.82. The Morgan fingerprint density at radius 1 is 0.966 bits per heavy atom. The summed E-state index contributed by atoms with van der Waals surface area (Å²) in [6.07, 6.45) is 0. The van der Waals surface area contributed by atoms with Crippen molar-refractivity contribution in [3.8, 4) is 11.3 Å². The summed E-state index contributed by atoms with van der Waals surface area (Å²) in [5, 5.41) is 2.74. The zero-order valence-corrected chi connectivity index (χ0v) is 17.0. The first-order chi connectivity index (χ1) is 14.1. The van der Waals surface area contributed by atoms with E-state index in [1.165, 1.54) is 6.92 Å². The van der Waals surface area contributed by atoms with Crippen LogP contribution in [0.5, 0.6) is 0 Å². The first-order valence-electron chi connectivity index (χ1n) is 10.0. The number of hydrogen-bond donors (Lipinski definition) is 1. The Balaban J connectivity index is 1.72. The molecule has 2 aromatic heterocycles. The van der Waals surface area contributed by atoms with Gasteiger partial charge in [-0.1, -0.05) is 0 Å². The van der Waals surface area contributed by atoms with Crippen molar-refractivity contribution in [1.29, 1.82) is 0 Å². The average molecular weight is 397 g/mol. The van der Waals surface area contributed by atoms with Crippen LogP contribution in [-0.2, 0) is 14.3 Å². The fourth-order valence-electron chi connectivity index (χ4n) is 3.68. The minimum Gasteiger partial charge on any atom is -0.378 e. The lowest BCUT2D eigenvalue weighted by atomic mass is 10.1. The number of morpholine rings is 2. The molecule has 4 heterocycles. The van der Waals surface area contributed by atoms with Crippen LogP contribution in [0.2, 0.25) is 0 Å². The smallest absolute Gasteiger partial charge is 0.222 e. The number of anilines is 3. The first kappa shape index (κ1) is 19.6. The van der Waals surface area contributed by atoms with Gasteiger partial charge in [-0.05, 0) is 25.1 Å². The SMILES string of the molecule is CC(=O)Nc1ccc(-c2cc(N3CCOCC3)cc(N3CCOCC3)n2)c(C)n1. The number of rotatable bonds is 4. The maximum Gasteiger partial charge on any atom is 0.222 e. The molecule has 0 atom stereocenters. The number of amides is 1. The van der Waals surface area contributed by atoms with Gasteiger partial charge in [-0.2, -0.15) is 0 Å². The number of carbonyl (C=O) groups is 1. The van der Waals surface area contributed by atoms with Crippen molar-refractivity contribution < 1.29 is 14.3 Å². The van der Waals surface area contributed by atoms with Gasteiger partial charge in [-0.15, -0.1) is 0 Å². The molecule has 0 aliphatic carbocycles. The molecule has 29 heavy (non-hydrogen) atoms. The van der Waals surface area contributed by atoms with Crippen LogP contribution in [0.1, 0.15) is 12.6 Å². The molecular formula is C21H27N5O3. The lowest BCUT2D eigenvalue weighted by molar-refractivity contribution is -0.114. The number of aromatic nitrogens is 2. The molecule has 0 unspecified atom stereocenters. The predicted molar refractivity (Wildman–Crippen MR) is 113 cm³/mol. The maximum atomic E-state index is 11.3. The molecule has 154 valence electrons. The molecule has 1 amide bonds. The van der Waals surface area contributed by atoms with Crippen LogP contribution in [0.25, 0.3) is 11.3 Å². The van der Waals surface area contributed by atoms with Crippen molar-refractivity contribution in [2.24, 2.45) is 0 Å². The second-order valence-electron chi connectivity index (χ2n) is 7.28. The van der Waals surface area contributed by atoms with Crippen LogP contribution in [0.15, 0.2) is 24.3 Å². The Morgan fingerprint density at radius 2 is 1.62 bits per heavy atom. The van der Waals surface area contributed by atoms with E-state index in [1.54, 1.807) is 0 Å². The molecule has 4 rings (SSSR count). The van der Waals surface area contributed by atoms with Gasteiger partial charge in [-0.3, -0.25) is 4.79 Å². The van der Waals surface area contributed by atoms with E-state index >= 15 is 0 Å². The summed E-state index contributed by atoms with van der Waals surface area (Å²) in [6.45, 7) is 9.71. The predicted octanol–water partition coefficient (Wildman–Crippen LogP) is 2.08. The molecule has 8 nitrogen and oxygen atoms in total. The highest BCUT2D eigenvalue weighted by Gasteiger charge is 2.19. The minimum atomic E-state index is -0.133. The molecule has 2 fully saturated rings.